The van der Waals surface area contributed by atoms with Crippen LogP contribution < -0.4 is 10.5 Å². The number of ether oxygens (including phenoxy) is 1. The van der Waals surface area contributed by atoms with Crippen LogP contribution in [0.25, 0.3) is 11.3 Å². The van der Waals surface area contributed by atoms with E-state index in [1.165, 1.54) is 5.56 Å². The van der Waals surface area contributed by atoms with E-state index in [0.29, 0.717) is 19.1 Å². The first kappa shape index (κ1) is 15.0. The molecule has 0 aliphatic rings. The third-order valence-corrected chi connectivity index (χ3v) is 4.35. The average Bonchev–Trinajstić information content (AvgIpc) is 2.96. The molecule has 4 heteroatoms. The summed E-state index contributed by atoms with van der Waals surface area (Å²) in [7, 11) is 0. The lowest BCUT2D eigenvalue weighted by Gasteiger charge is -2.16. The second kappa shape index (κ2) is 6.86. The molecule has 0 aliphatic heterocycles. The molecule has 108 valence electrons. The molecule has 1 unspecified atom stereocenters. The van der Waals surface area contributed by atoms with Gasteiger partial charge in [0.25, 0.3) is 0 Å². The summed E-state index contributed by atoms with van der Waals surface area (Å²) in [4.78, 5) is 4.55. The third kappa shape index (κ3) is 3.19. The molecule has 2 N–H and O–H groups in total. The van der Waals surface area contributed by atoms with E-state index in [4.69, 9.17) is 10.5 Å². The van der Waals surface area contributed by atoms with Gasteiger partial charge < -0.3 is 10.5 Å². The fourth-order valence-corrected chi connectivity index (χ4v) is 2.82. The highest BCUT2D eigenvalue weighted by atomic mass is 32.1. The van der Waals surface area contributed by atoms with Crippen molar-refractivity contribution in [1.29, 1.82) is 0 Å². The molecule has 20 heavy (non-hydrogen) atoms. The Bertz CT molecular complexity index is 565. The Morgan fingerprint density at radius 2 is 2.15 bits per heavy atom. The van der Waals surface area contributed by atoms with Gasteiger partial charge in [0.2, 0.25) is 0 Å². The molecule has 2 rings (SSSR count). The molecule has 0 radical (unpaired) electrons. The van der Waals surface area contributed by atoms with E-state index >= 15 is 0 Å². The van der Waals surface area contributed by atoms with Crippen molar-refractivity contribution in [3.8, 4) is 17.0 Å². The van der Waals surface area contributed by atoms with Crippen LogP contribution in [0.2, 0.25) is 0 Å². The van der Waals surface area contributed by atoms with Crippen LogP contribution in [0.1, 0.15) is 43.7 Å². The normalized spacial score (nSPS) is 12.4. The highest BCUT2D eigenvalue weighted by molar-refractivity contribution is 7.09. The molecule has 2 aromatic rings. The molecule has 0 saturated heterocycles. The number of nitrogens with two attached hydrogens (primary N) is 1. The lowest BCUT2D eigenvalue weighted by Crippen LogP contribution is -2.00. The summed E-state index contributed by atoms with van der Waals surface area (Å²) in [5.74, 6) is 1.46. The quantitative estimate of drug-likeness (QED) is 0.868. The lowest BCUT2D eigenvalue weighted by atomic mass is 9.95. The highest BCUT2D eigenvalue weighted by Gasteiger charge is 2.13. The van der Waals surface area contributed by atoms with Crippen LogP contribution in [0.3, 0.4) is 0 Å². The molecule has 1 aromatic heterocycles. The predicted molar refractivity (Wildman–Crippen MR) is 85.3 cm³/mol. The van der Waals surface area contributed by atoms with E-state index in [1.54, 1.807) is 11.3 Å². The molecule has 0 aliphatic carbocycles. The summed E-state index contributed by atoms with van der Waals surface area (Å²) >= 11 is 1.61. The summed E-state index contributed by atoms with van der Waals surface area (Å²) in [6, 6.07) is 6.34. The van der Waals surface area contributed by atoms with Gasteiger partial charge in [0, 0.05) is 17.5 Å². The van der Waals surface area contributed by atoms with Gasteiger partial charge >= 0.3 is 0 Å². The molecule has 0 saturated carbocycles. The Labute approximate surface area is 124 Å². The van der Waals surface area contributed by atoms with Crippen LogP contribution in [0.15, 0.2) is 23.6 Å². The first-order chi connectivity index (χ1) is 9.69. The van der Waals surface area contributed by atoms with E-state index in [9.17, 15) is 0 Å². The molecule has 1 aromatic carbocycles. The number of hydrogen-bond donors (Lipinski definition) is 1. The van der Waals surface area contributed by atoms with Crippen LogP contribution >= 0.6 is 11.3 Å². The first-order valence-corrected chi connectivity index (χ1v) is 7.99. The van der Waals surface area contributed by atoms with E-state index < -0.39 is 0 Å². The van der Waals surface area contributed by atoms with Crippen molar-refractivity contribution in [1.82, 2.24) is 4.98 Å². The fraction of sp³-hybridized carbons (Fsp3) is 0.438. The monoisotopic (exact) mass is 290 g/mol. The minimum absolute atomic E-state index is 0.476. The van der Waals surface area contributed by atoms with E-state index in [-0.39, 0.29) is 0 Å². The van der Waals surface area contributed by atoms with E-state index in [2.05, 4.69) is 42.4 Å². The highest BCUT2D eigenvalue weighted by Crippen LogP contribution is 2.33. The zero-order valence-electron chi connectivity index (χ0n) is 12.3. The largest absolute Gasteiger partial charge is 0.494 e. The van der Waals surface area contributed by atoms with Gasteiger partial charge in [0.05, 0.1) is 12.3 Å². The van der Waals surface area contributed by atoms with Gasteiger partial charge in [-0.25, -0.2) is 4.98 Å². The molecule has 1 heterocycles. The standard InChI is InChI=1S/C16H22N2OS/c1-4-11(3)13-8-12(6-7-15(13)19-5-2)14-10-20-16(9-17)18-14/h6-8,10-11H,4-5,9,17H2,1-3H3. The Morgan fingerprint density at radius 1 is 1.35 bits per heavy atom. The number of rotatable bonds is 6. The van der Waals surface area contributed by atoms with Crippen LogP contribution in [0.5, 0.6) is 5.75 Å². The van der Waals surface area contributed by atoms with Crippen LogP contribution in [-0.4, -0.2) is 11.6 Å². The summed E-state index contributed by atoms with van der Waals surface area (Å²) in [6.07, 6.45) is 1.09. The second-order valence-corrected chi connectivity index (χ2v) is 5.77. The average molecular weight is 290 g/mol. The number of hydrogen-bond acceptors (Lipinski definition) is 4. The van der Waals surface area contributed by atoms with Crippen molar-refractivity contribution >= 4 is 11.3 Å². The van der Waals surface area contributed by atoms with Crippen molar-refractivity contribution in [2.75, 3.05) is 6.61 Å². The maximum absolute atomic E-state index is 5.74. The van der Waals surface area contributed by atoms with Gasteiger partial charge in [-0.2, -0.15) is 0 Å². The zero-order valence-corrected chi connectivity index (χ0v) is 13.2. The molecular weight excluding hydrogens is 268 g/mol. The van der Waals surface area contributed by atoms with Crippen molar-refractivity contribution in [2.24, 2.45) is 5.73 Å². The second-order valence-electron chi connectivity index (χ2n) is 4.83. The van der Waals surface area contributed by atoms with Crippen LogP contribution in [0.4, 0.5) is 0 Å². The Balaban J connectivity index is 2.40. The van der Waals surface area contributed by atoms with Crippen molar-refractivity contribution in [3.05, 3.63) is 34.2 Å². The Kier molecular flexibility index (Phi) is 5.15. The molecule has 0 bridgehead atoms. The fourth-order valence-electron chi connectivity index (χ4n) is 2.14. The zero-order chi connectivity index (χ0) is 14.5. The molecule has 3 nitrogen and oxygen atoms in total. The summed E-state index contributed by atoms with van der Waals surface area (Å²) < 4.78 is 5.74. The molecule has 0 spiro atoms. The van der Waals surface area contributed by atoms with Crippen LogP contribution in [0, 0.1) is 0 Å². The van der Waals surface area contributed by atoms with Gasteiger partial charge in [0.1, 0.15) is 10.8 Å². The summed E-state index contributed by atoms with van der Waals surface area (Å²) in [6.45, 7) is 7.63. The Hall–Kier alpha value is -1.39. The minimum Gasteiger partial charge on any atom is -0.494 e. The number of thiazole rings is 1. The summed E-state index contributed by atoms with van der Waals surface area (Å²) in [5, 5.41) is 3.04. The number of nitrogens with zero attached hydrogens (tertiary/aromatic N) is 1. The first-order valence-electron chi connectivity index (χ1n) is 7.11. The predicted octanol–water partition coefficient (Wildman–Crippen LogP) is 4.18. The minimum atomic E-state index is 0.476. The van der Waals surface area contributed by atoms with Crippen molar-refractivity contribution < 1.29 is 4.74 Å². The van der Waals surface area contributed by atoms with Gasteiger partial charge in [0.15, 0.2) is 0 Å². The topological polar surface area (TPSA) is 48.1 Å². The van der Waals surface area contributed by atoms with Crippen LogP contribution in [-0.2, 0) is 6.54 Å². The lowest BCUT2D eigenvalue weighted by molar-refractivity contribution is 0.334. The van der Waals surface area contributed by atoms with Crippen molar-refractivity contribution in [2.45, 2.75) is 39.7 Å². The molecule has 0 fully saturated rings. The maximum Gasteiger partial charge on any atom is 0.122 e. The SMILES string of the molecule is CCOc1ccc(-c2csc(CN)n2)cc1C(C)CC. The van der Waals surface area contributed by atoms with Gasteiger partial charge in [-0.3, -0.25) is 0 Å². The molecular formula is C16H22N2OS. The Morgan fingerprint density at radius 3 is 2.75 bits per heavy atom. The van der Waals surface area contributed by atoms with Gasteiger partial charge in [-0.15, -0.1) is 11.3 Å². The van der Waals surface area contributed by atoms with Gasteiger partial charge in [-0.05, 0) is 43.0 Å². The van der Waals surface area contributed by atoms with E-state index in [0.717, 1.165) is 28.4 Å². The number of aromatic nitrogens is 1. The number of benzene rings is 1. The summed E-state index contributed by atoms with van der Waals surface area (Å²) in [5.41, 5.74) is 9.03. The van der Waals surface area contributed by atoms with Crippen molar-refractivity contribution in [3.63, 3.8) is 0 Å². The molecule has 0 amide bonds. The van der Waals surface area contributed by atoms with Gasteiger partial charge in [-0.1, -0.05) is 13.8 Å². The smallest absolute Gasteiger partial charge is 0.122 e. The third-order valence-electron chi connectivity index (χ3n) is 3.48. The van der Waals surface area contributed by atoms with E-state index in [1.807, 2.05) is 6.92 Å². The maximum atomic E-state index is 5.74. The molecule has 1 atom stereocenters.